The van der Waals surface area contributed by atoms with Gasteiger partial charge in [-0.15, -0.1) is 0 Å². The monoisotopic (exact) mass is 429 g/mol. The van der Waals surface area contributed by atoms with E-state index in [1.165, 1.54) is 38.9 Å². The van der Waals surface area contributed by atoms with Gasteiger partial charge < -0.3 is 24.4 Å². The molecule has 3 heterocycles. The predicted molar refractivity (Wildman–Crippen MR) is 111 cm³/mol. The maximum atomic E-state index is 10.5. The highest BCUT2D eigenvalue weighted by Crippen LogP contribution is 2.15. The number of ether oxygens (including phenoxy) is 3. The van der Waals surface area contributed by atoms with E-state index in [9.17, 15) is 9.59 Å². The first-order valence-corrected chi connectivity index (χ1v) is 8.74. The summed E-state index contributed by atoms with van der Waals surface area (Å²) in [5.74, 6) is 0.409. The van der Waals surface area contributed by atoms with Gasteiger partial charge in [0, 0.05) is 24.2 Å². The van der Waals surface area contributed by atoms with Crippen molar-refractivity contribution in [2.45, 2.75) is 6.61 Å². The van der Waals surface area contributed by atoms with Gasteiger partial charge >= 0.3 is 5.97 Å². The Morgan fingerprint density at radius 3 is 1.81 bits per heavy atom. The molecule has 10 nitrogen and oxygen atoms in total. The maximum absolute atomic E-state index is 10.5. The molecule has 0 atom stereocenters. The van der Waals surface area contributed by atoms with Crippen LogP contribution in [0, 0.1) is 0 Å². The summed E-state index contributed by atoms with van der Waals surface area (Å²) in [6.07, 6.45) is 9.76. The summed E-state index contributed by atoms with van der Waals surface area (Å²) in [4.78, 5) is 32.1. The summed E-state index contributed by atoms with van der Waals surface area (Å²) in [5, 5.41) is 17.3. The minimum Gasteiger partial charge on any atom is -0.495 e. The van der Waals surface area contributed by atoms with E-state index >= 15 is 0 Å². The fourth-order valence-electron chi connectivity index (χ4n) is 2.10. The number of hydrogen-bond acceptors (Lipinski definition) is 9. The molecule has 3 aromatic rings. The Morgan fingerprint density at radius 1 is 0.871 bits per heavy atom. The van der Waals surface area contributed by atoms with Gasteiger partial charge in [-0.3, -0.25) is 19.7 Å². The third kappa shape index (κ3) is 8.07. The van der Waals surface area contributed by atoms with Crippen LogP contribution in [0.15, 0.2) is 55.4 Å². The van der Waals surface area contributed by atoms with Gasteiger partial charge in [0.25, 0.3) is 0 Å². The summed E-state index contributed by atoms with van der Waals surface area (Å²) in [7, 11) is 4.46. The van der Waals surface area contributed by atoms with Crippen LogP contribution in [0.3, 0.4) is 0 Å². The van der Waals surface area contributed by atoms with E-state index in [0.717, 1.165) is 11.8 Å². The van der Waals surface area contributed by atoms with Gasteiger partial charge in [0.15, 0.2) is 12.0 Å². The SMILES string of the molecule is COc1cnccc1C(=O)O.COc1cnccc1C=O.COc1cnccc1CO. The van der Waals surface area contributed by atoms with Crippen LogP contribution >= 0.6 is 0 Å². The van der Waals surface area contributed by atoms with Gasteiger partial charge in [-0.05, 0) is 18.2 Å². The van der Waals surface area contributed by atoms with Crippen molar-refractivity contribution in [2.75, 3.05) is 21.3 Å². The van der Waals surface area contributed by atoms with Crippen molar-refractivity contribution in [3.05, 3.63) is 72.1 Å². The van der Waals surface area contributed by atoms with Crippen molar-refractivity contribution >= 4 is 12.3 Å². The lowest BCUT2D eigenvalue weighted by Gasteiger charge is -2.02. The van der Waals surface area contributed by atoms with Crippen LogP contribution in [0.4, 0.5) is 0 Å². The fraction of sp³-hybridized carbons (Fsp3) is 0.190. The lowest BCUT2D eigenvalue weighted by molar-refractivity contribution is 0.0693. The molecule has 0 saturated heterocycles. The largest absolute Gasteiger partial charge is 0.495 e. The van der Waals surface area contributed by atoms with Gasteiger partial charge in [-0.2, -0.15) is 0 Å². The first kappa shape index (κ1) is 25.0. The van der Waals surface area contributed by atoms with E-state index in [1.54, 1.807) is 37.8 Å². The number of aromatic nitrogens is 3. The molecule has 164 valence electrons. The van der Waals surface area contributed by atoms with Crippen molar-refractivity contribution in [1.29, 1.82) is 0 Å². The Bertz CT molecular complexity index is 944. The van der Waals surface area contributed by atoms with Crippen LogP contribution in [0.5, 0.6) is 17.2 Å². The molecule has 0 aliphatic carbocycles. The number of carboxylic acid groups (broad SMARTS) is 1. The van der Waals surface area contributed by atoms with Gasteiger partial charge in [-0.1, -0.05) is 0 Å². The molecule has 31 heavy (non-hydrogen) atoms. The second kappa shape index (κ2) is 14.0. The highest BCUT2D eigenvalue weighted by Gasteiger charge is 2.08. The van der Waals surface area contributed by atoms with Crippen molar-refractivity contribution in [3.63, 3.8) is 0 Å². The highest BCUT2D eigenvalue weighted by molar-refractivity contribution is 5.90. The number of nitrogens with zero attached hydrogens (tertiary/aromatic N) is 3. The second-order valence-corrected chi connectivity index (χ2v) is 5.46. The molecule has 0 unspecified atom stereocenters. The van der Waals surface area contributed by atoms with E-state index in [1.807, 2.05) is 0 Å². The van der Waals surface area contributed by atoms with Crippen LogP contribution in [0.2, 0.25) is 0 Å². The topological polar surface area (TPSA) is 141 Å². The molecule has 0 saturated carbocycles. The van der Waals surface area contributed by atoms with Gasteiger partial charge in [-0.25, -0.2) is 4.79 Å². The van der Waals surface area contributed by atoms with E-state index in [2.05, 4.69) is 15.0 Å². The van der Waals surface area contributed by atoms with E-state index < -0.39 is 5.97 Å². The summed E-state index contributed by atoms with van der Waals surface area (Å²) in [6.45, 7) is -0.00824. The Morgan fingerprint density at radius 2 is 1.39 bits per heavy atom. The average Bonchev–Trinajstić information content (AvgIpc) is 2.84. The Hall–Kier alpha value is -4.05. The van der Waals surface area contributed by atoms with Crippen LogP contribution in [0.25, 0.3) is 0 Å². The van der Waals surface area contributed by atoms with Crippen LogP contribution in [-0.2, 0) is 6.61 Å². The summed E-state index contributed by atoms with van der Waals surface area (Å²) in [6, 6.07) is 4.71. The van der Waals surface area contributed by atoms with Crippen molar-refractivity contribution in [3.8, 4) is 17.2 Å². The average molecular weight is 429 g/mol. The first-order valence-electron chi connectivity index (χ1n) is 8.74. The predicted octanol–water partition coefficient (Wildman–Crippen LogP) is 2.27. The van der Waals surface area contributed by atoms with Crippen LogP contribution in [-0.4, -0.2) is 58.7 Å². The number of hydrogen-bond donors (Lipinski definition) is 2. The third-order valence-corrected chi connectivity index (χ3v) is 3.66. The number of carbonyl (C=O) groups excluding carboxylic acids is 1. The van der Waals surface area contributed by atoms with Crippen LogP contribution in [0.1, 0.15) is 26.3 Å². The second-order valence-electron chi connectivity index (χ2n) is 5.46. The van der Waals surface area contributed by atoms with E-state index in [0.29, 0.717) is 17.1 Å². The number of pyridine rings is 3. The zero-order valence-corrected chi connectivity index (χ0v) is 17.3. The number of rotatable bonds is 6. The Kier molecular flexibility index (Phi) is 11.3. The normalized spacial score (nSPS) is 9.16. The number of aldehydes is 1. The lowest BCUT2D eigenvalue weighted by Crippen LogP contribution is -2.00. The van der Waals surface area contributed by atoms with Crippen molar-refractivity contribution in [1.82, 2.24) is 15.0 Å². The summed E-state index contributed by atoms with van der Waals surface area (Å²) in [5.41, 5.74) is 1.41. The van der Waals surface area contributed by atoms with Gasteiger partial charge in [0.1, 0.15) is 17.1 Å². The molecule has 0 radical (unpaired) electrons. The van der Waals surface area contributed by atoms with E-state index in [-0.39, 0.29) is 17.9 Å². The standard InChI is InChI=1S/C7H7NO3.C7H9NO2.C7H7NO2/c1-11-6-4-8-3-2-5(6)7(9)10;2*1-10-7-4-8-3-2-6(7)5-9/h2-4H,1H3,(H,9,10);2-4,9H,5H2,1H3;2-5H,1H3. The smallest absolute Gasteiger partial charge is 0.339 e. The molecule has 0 spiro atoms. The first-order chi connectivity index (χ1) is 15.0. The Labute approximate surface area is 179 Å². The molecular formula is C21H23N3O7. The zero-order chi connectivity index (χ0) is 23.1. The third-order valence-electron chi connectivity index (χ3n) is 3.66. The quantitative estimate of drug-likeness (QED) is 0.561. The zero-order valence-electron chi connectivity index (χ0n) is 17.3. The van der Waals surface area contributed by atoms with Crippen molar-refractivity contribution in [2.24, 2.45) is 0 Å². The summed E-state index contributed by atoms with van der Waals surface area (Å²) >= 11 is 0. The molecule has 0 fully saturated rings. The Balaban J connectivity index is 0.000000233. The van der Waals surface area contributed by atoms with Crippen molar-refractivity contribution < 1.29 is 34.0 Å². The molecule has 10 heteroatoms. The number of methoxy groups -OCH3 is 3. The van der Waals surface area contributed by atoms with Crippen LogP contribution < -0.4 is 14.2 Å². The number of aliphatic hydroxyl groups is 1. The number of aromatic carboxylic acids is 1. The highest BCUT2D eigenvalue weighted by atomic mass is 16.5. The van der Waals surface area contributed by atoms with Gasteiger partial charge in [0.2, 0.25) is 0 Å². The fourth-order valence-corrected chi connectivity index (χ4v) is 2.10. The molecule has 0 bridgehead atoms. The molecule has 0 aliphatic rings. The lowest BCUT2D eigenvalue weighted by atomic mass is 10.2. The minimum absolute atomic E-state index is 0.00824. The minimum atomic E-state index is -1.01. The molecule has 3 aromatic heterocycles. The number of carbonyl (C=O) groups is 2. The number of carboxylic acids is 1. The molecule has 0 aromatic carbocycles. The molecule has 2 N–H and O–H groups in total. The summed E-state index contributed by atoms with van der Waals surface area (Å²) < 4.78 is 14.5. The van der Waals surface area contributed by atoms with E-state index in [4.69, 9.17) is 24.4 Å². The maximum Gasteiger partial charge on any atom is 0.339 e. The molecule has 0 amide bonds. The number of aliphatic hydroxyl groups excluding tert-OH is 1. The molecular weight excluding hydrogens is 406 g/mol. The van der Waals surface area contributed by atoms with Gasteiger partial charge in [0.05, 0.1) is 52.1 Å². The molecule has 3 rings (SSSR count). The molecule has 0 aliphatic heterocycles.